The van der Waals surface area contributed by atoms with E-state index in [2.05, 4.69) is 4.90 Å². The Morgan fingerprint density at radius 3 is 2.43 bits per heavy atom. The van der Waals surface area contributed by atoms with E-state index in [0.29, 0.717) is 11.4 Å². The number of halogens is 1. The van der Waals surface area contributed by atoms with E-state index < -0.39 is 0 Å². The second-order valence-electron chi connectivity index (χ2n) is 7.15. The van der Waals surface area contributed by atoms with Crippen molar-refractivity contribution < 1.29 is 23.6 Å². The molecule has 1 N–H and O–H groups in total. The van der Waals surface area contributed by atoms with Crippen LogP contribution in [0.1, 0.15) is 6.42 Å². The molecule has 4 rings (SSSR count). The quantitative estimate of drug-likeness (QED) is 0.795. The van der Waals surface area contributed by atoms with Crippen molar-refractivity contribution in [2.24, 2.45) is 0 Å². The first-order valence-electron chi connectivity index (χ1n) is 9.43. The molecule has 0 unspecified atom stereocenters. The molecule has 1 atom stereocenters. The molecule has 2 aliphatic heterocycles. The van der Waals surface area contributed by atoms with E-state index in [-0.39, 0.29) is 30.1 Å². The van der Waals surface area contributed by atoms with E-state index in [0.717, 1.165) is 36.8 Å². The number of methoxy groups -OCH3 is 1. The lowest BCUT2D eigenvalue weighted by atomic mass is 10.1. The van der Waals surface area contributed by atoms with Crippen molar-refractivity contribution in [3.63, 3.8) is 0 Å². The molecule has 2 aromatic carbocycles. The van der Waals surface area contributed by atoms with Crippen LogP contribution in [0.4, 0.5) is 15.8 Å². The molecule has 6 nitrogen and oxygen atoms in total. The molecule has 0 radical (unpaired) electrons. The number of piperazine rings is 1. The van der Waals surface area contributed by atoms with Crippen LogP contribution in [0.3, 0.4) is 0 Å². The van der Waals surface area contributed by atoms with Crippen molar-refractivity contribution >= 4 is 23.2 Å². The average Bonchev–Trinajstić information content (AvgIpc) is 3.03. The molecule has 0 aromatic heterocycles. The summed E-state index contributed by atoms with van der Waals surface area (Å²) in [5.41, 5.74) is 1.54. The Balaban J connectivity index is 1.44. The first kappa shape index (κ1) is 18.4. The minimum absolute atomic E-state index is 0.150. The van der Waals surface area contributed by atoms with E-state index in [4.69, 9.17) is 4.74 Å². The smallest absolute Gasteiger partial charge is 0.292 e. The third-order valence-electron chi connectivity index (χ3n) is 5.55. The largest absolute Gasteiger partial charge is 0.497 e. The minimum atomic E-state index is -0.353. The van der Waals surface area contributed by atoms with Gasteiger partial charge in [-0.15, -0.1) is 0 Å². The SMILES string of the molecule is COc1cccc(N2C(=O)C[C@@H]([NH+]3CCN(c4ccc(F)cc4)CC3)C2=O)c1. The Kier molecular flexibility index (Phi) is 5.00. The van der Waals surface area contributed by atoms with E-state index in [1.54, 1.807) is 43.5 Å². The second-order valence-corrected chi connectivity index (χ2v) is 7.15. The zero-order valence-corrected chi connectivity index (χ0v) is 15.7. The topological polar surface area (TPSA) is 54.3 Å². The van der Waals surface area contributed by atoms with Gasteiger partial charge in [0, 0.05) is 11.8 Å². The maximum absolute atomic E-state index is 13.1. The highest BCUT2D eigenvalue weighted by Gasteiger charge is 2.46. The average molecular weight is 384 g/mol. The van der Waals surface area contributed by atoms with Crippen LogP contribution in [0, 0.1) is 5.82 Å². The molecule has 0 spiro atoms. The summed E-state index contributed by atoms with van der Waals surface area (Å²) in [7, 11) is 1.56. The zero-order valence-electron chi connectivity index (χ0n) is 15.7. The van der Waals surface area contributed by atoms with Gasteiger partial charge >= 0.3 is 0 Å². The molecular weight excluding hydrogens is 361 g/mol. The summed E-state index contributed by atoms with van der Waals surface area (Å²) in [6.07, 6.45) is 0.224. The van der Waals surface area contributed by atoms with Crippen LogP contribution in [-0.4, -0.2) is 51.1 Å². The number of ether oxygens (including phenoxy) is 1. The lowest BCUT2D eigenvalue weighted by Crippen LogP contribution is -3.19. The molecule has 0 saturated carbocycles. The van der Waals surface area contributed by atoms with E-state index in [9.17, 15) is 14.0 Å². The summed E-state index contributed by atoms with van der Waals surface area (Å²) in [5.74, 6) is 0.0442. The highest BCUT2D eigenvalue weighted by Crippen LogP contribution is 2.26. The molecular formula is C21H23FN3O3+. The molecule has 7 heteroatoms. The number of nitrogens with zero attached hydrogens (tertiary/aromatic N) is 2. The third kappa shape index (κ3) is 3.45. The number of amides is 2. The molecule has 2 aliphatic rings. The van der Waals surface area contributed by atoms with Gasteiger partial charge in [-0.3, -0.25) is 9.59 Å². The predicted octanol–water partition coefficient (Wildman–Crippen LogP) is 0.871. The number of rotatable bonds is 4. The number of hydrogen-bond donors (Lipinski definition) is 1. The van der Waals surface area contributed by atoms with Gasteiger partial charge in [0.15, 0.2) is 6.04 Å². The Morgan fingerprint density at radius 1 is 1.04 bits per heavy atom. The number of benzene rings is 2. The number of quaternary nitrogens is 1. The van der Waals surface area contributed by atoms with Gasteiger partial charge in [-0.2, -0.15) is 0 Å². The van der Waals surface area contributed by atoms with E-state index >= 15 is 0 Å². The minimum Gasteiger partial charge on any atom is -0.497 e. The first-order chi connectivity index (χ1) is 13.6. The molecule has 0 bridgehead atoms. The standard InChI is InChI=1S/C21H22FN3O3/c1-28-18-4-2-3-17(13-18)25-20(26)14-19(21(25)27)24-11-9-23(10-12-24)16-7-5-15(22)6-8-16/h2-8,13,19H,9-12,14H2,1H3/p+1/t19-/m1/s1. The molecule has 2 fully saturated rings. The lowest BCUT2D eigenvalue weighted by Gasteiger charge is -2.35. The Hall–Kier alpha value is -2.93. The molecule has 0 aliphatic carbocycles. The number of hydrogen-bond acceptors (Lipinski definition) is 4. The zero-order chi connectivity index (χ0) is 19.7. The van der Waals surface area contributed by atoms with Crippen molar-refractivity contribution in [3.05, 3.63) is 54.3 Å². The summed E-state index contributed by atoms with van der Waals surface area (Å²) in [6.45, 7) is 3.04. The van der Waals surface area contributed by atoms with Gasteiger partial charge in [0.25, 0.3) is 5.91 Å². The Labute approximate surface area is 163 Å². The third-order valence-corrected chi connectivity index (χ3v) is 5.55. The number of carbonyl (C=O) groups excluding carboxylic acids is 2. The first-order valence-corrected chi connectivity index (χ1v) is 9.43. The van der Waals surface area contributed by atoms with Gasteiger partial charge in [-0.05, 0) is 36.4 Å². The predicted molar refractivity (Wildman–Crippen MR) is 103 cm³/mol. The van der Waals surface area contributed by atoms with Gasteiger partial charge in [0.2, 0.25) is 5.91 Å². The normalized spacial score (nSPS) is 20.7. The lowest BCUT2D eigenvalue weighted by molar-refractivity contribution is -0.915. The molecule has 146 valence electrons. The maximum Gasteiger partial charge on any atom is 0.292 e. The monoisotopic (exact) mass is 384 g/mol. The van der Waals surface area contributed by atoms with Crippen molar-refractivity contribution in [2.45, 2.75) is 12.5 Å². The van der Waals surface area contributed by atoms with Crippen LogP contribution in [0.5, 0.6) is 5.75 Å². The van der Waals surface area contributed by atoms with Gasteiger partial charge in [0.1, 0.15) is 11.6 Å². The fraction of sp³-hybridized carbons (Fsp3) is 0.333. The summed E-state index contributed by atoms with van der Waals surface area (Å²) in [4.78, 5) is 30.1. The van der Waals surface area contributed by atoms with Crippen LogP contribution < -0.4 is 19.4 Å². The van der Waals surface area contributed by atoms with Crippen LogP contribution in [0.2, 0.25) is 0 Å². The van der Waals surface area contributed by atoms with Crippen molar-refractivity contribution in [3.8, 4) is 5.75 Å². The second kappa shape index (κ2) is 7.59. The molecule has 2 heterocycles. The fourth-order valence-electron chi connectivity index (χ4n) is 4.02. The summed E-state index contributed by atoms with van der Waals surface area (Å²) in [6, 6.07) is 13.1. The Bertz CT molecular complexity index is 879. The highest BCUT2D eigenvalue weighted by atomic mass is 19.1. The number of anilines is 2. The molecule has 28 heavy (non-hydrogen) atoms. The van der Waals surface area contributed by atoms with Crippen molar-refractivity contribution in [1.82, 2.24) is 0 Å². The molecule has 2 aromatic rings. The summed E-state index contributed by atoms with van der Waals surface area (Å²) < 4.78 is 18.3. The molecule has 2 amide bonds. The van der Waals surface area contributed by atoms with Crippen LogP contribution in [-0.2, 0) is 9.59 Å². The van der Waals surface area contributed by atoms with E-state index in [1.807, 2.05) is 0 Å². The fourth-order valence-corrected chi connectivity index (χ4v) is 4.02. The van der Waals surface area contributed by atoms with Crippen LogP contribution >= 0.6 is 0 Å². The maximum atomic E-state index is 13.1. The number of carbonyl (C=O) groups is 2. The summed E-state index contributed by atoms with van der Waals surface area (Å²) >= 11 is 0. The van der Waals surface area contributed by atoms with Gasteiger partial charge in [0.05, 0.1) is 45.4 Å². The van der Waals surface area contributed by atoms with Crippen LogP contribution in [0.15, 0.2) is 48.5 Å². The number of nitrogens with one attached hydrogen (secondary N) is 1. The van der Waals surface area contributed by atoms with Crippen LogP contribution in [0.25, 0.3) is 0 Å². The van der Waals surface area contributed by atoms with Gasteiger partial charge < -0.3 is 14.5 Å². The van der Waals surface area contributed by atoms with Crippen molar-refractivity contribution in [1.29, 1.82) is 0 Å². The molecule has 2 saturated heterocycles. The summed E-state index contributed by atoms with van der Waals surface area (Å²) in [5, 5.41) is 0. The Morgan fingerprint density at radius 2 is 1.75 bits per heavy atom. The van der Waals surface area contributed by atoms with Crippen molar-refractivity contribution in [2.75, 3.05) is 43.1 Å². The van der Waals surface area contributed by atoms with Gasteiger partial charge in [-0.1, -0.05) is 6.07 Å². The number of imide groups is 1. The highest BCUT2D eigenvalue weighted by molar-refractivity contribution is 6.21. The van der Waals surface area contributed by atoms with Gasteiger partial charge in [-0.25, -0.2) is 9.29 Å². The van der Waals surface area contributed by atoms with E-state index in [1.165, 1.54) is 17.0 Å².